The van der Waals surface area contributed by atoms with Gasteiger partial charge >= 0.3 is 0 Å². The summed E-state index contributed by atoms with van der Waals surface area (Å²) in [7, 11) is -3.48. The molecule has 0 unspecified atom stereocenters. The van der Waals surface area contributed by atoms with Gasteiger partial charge in [0.2, 0.25) is 10.0 Å². The SMILES string of the molecule is C[C@H]1C[C@H](C)CN(S(=O)(=O)c2cccc3cccnc23)C1. The Hall–Kier alpha value is -1.46. The van der Waals surface area contributed by atoms with Crippen molar-refractivity contribution in [3.05, 3.63) is 36.5 Å². The predicted molar refractivity (Wildman–Crippen MR) is 83.4 cm³/mol. The van der Waals surface area contributed by atoms with Gasteiger partial charge < -0.3 is 0 Å². The Morgan fingerprint density at radius 1 is 1.10 bits per heavy atom. The van der Waals surface area contributed by atoms with Gasteiger partial charge in [-0.15, -0.1) is 0 Å². The highest BCUT2D eigenvalue weighted by molar-refractivity contribution is 7.89. The van der Waals surface area contributed by atoms with E-state index in [0.29, 0.717) is 35.3 Å². The summed E-state index contributed by atoms with van der Waals surface area (Å²) in [4.78, 5) is 4.60. The number of fused-ring (bicyclic) bond motifs is 1. The van der Waals surface area contributed by atoms with E-state index in [4.69, 9.17) is 0 Å². The van der Waals surface area contributed by atoms with Crippen LogP contribution in [0.5, 0.6) is 0 Å². The number of sulfonamides is 1. The molecule has 3 rings (SSSR count). The number of hydrogen-bond donors (Lipinski definition) is 0. The average Bonchev–Trinajstić information content (AvgIpc) is 2.45. The van der Waals surface area contributed by atoms with Crippen LogP contribution in [0.1, 0.15) is 20.3 Å². The van der Waals surface area contributed by atoms with E-state index >= 15 is 0 Å². The number of rotatable bonds is 2. The van der Waals surface area contributed by atoms with Crippen LogP contribution in [0.4, 0.5) is 0 Å². The molecule has 2 heterocycles. The van der Waals surface area contributed by atoms with E-state index in [1.165, 1.54) is 0 Å². The van der Waals surface area contributed by atoms with Crippen LogP contribution in [0.15, 0.2) is 41.4 Å². The van der Waals surface area contributed by atoms with Crippen molar-refractivity contribution in [3.63, 3.8) is 0 Å². The lowest BCUT2D eigenvalue weighted by Gasteiger charge is -2.34. The Kier molecular flexibility index (Phi) is 3.71. The van der Waals surface area contributed by atoms with E-state index in [1.807, 2.05) is 18.2 Å². The first-order chi connectivity index (χ1) is 9.98. The molecule has 0 aliphatic carbocycles. The fourth-order valence-electron chi connectivity index (χ4n) is 3.23. The molecule has 0 N–H and O–H groups in total. The second kappa shape index (κ2) is 5.39. The number of pyridine rings is 1. The molecule has 4 nitrogen and oxygen atoms in total. The molecule has 1 aromatic carbocycles. The molecule has 112 valence electrons. The first-order valence-corrected chi connectivity index (χ1v) is 8.76. The molecule has 1 saturated heterocycles. The summed E-state index contributed by atoms with van der Waals surface area (Å²) >= 11 is 0. The highest BCUT2D eigenvalue weighted by atomic mass is 32.2. The van der Waals surface area contributed by atoms with Gasteiger partial charge in [-0.2, -0.15) is 4.31 Å². The van der Waals surface area contributed by atoms with Gasteiger partial charge in [-0.05, 0) is 30.4 Å². The van der Waals surface area contributed by atoms with Crippen molar-refractivity contribution in [1.29, 1.82) is 0 Å². The van der Waals surface area contributed by atoms with E-state index in [-0.39, 0.29) is 0 Å². The minimum atomic E-state index is -3.48. The lowest BCUT2D eigenvalue weighted by molar-refractivity contribution is 0.222. The smallest absolute Gasteiger partial charge is 0.245 e. The fourth-order valence-corrected chi connectivity index (χ4v) is 5.07. The molecule has 0 radical (unpaired) electrons. The Labute approximate surface area is 125 Å². The van der Waals surface area contributed by atoms with E-state index in [9.17, 15) is 8.42 Å². The Morgan fingerprint density at radius 3 is 2.48 bits per heavy atom. The number of para-hydroxylation sites is 1. The van der Waals surface area contributed by atoms with Crippen molar-refractivity contribution in [2.24, 2.45) is 11.8 Å². The second-order valence-electron chi connectivity index (χ2n) is 6.10. The molecular weight excluding hydrogens is 284 g/mol. The first-order valence-electron chi connectivity index (χ1n) is 7.32. The van der Waals surface area contributed by atoms with E-state index < -0.39 is 10.0 Å². The van der Waals surface area contributed by atoms with Gasteiger partial charge in [-0.25, -0.2) is 8.42 Å². The molecule has 0 spiro atoms. The molecule has 5 heteroatoms. The van der Waals surface area contributed by atoms with Crippen molar-refractivity contribution < 1.29 is 8.42 Å². The molecule has 1 aliphatic heterocycles. The number of hydrogen-bond acceptors (Lipinski definition) is 3. The monoisotopic (exact) mass is 304 g/mol. The molecule has 0 amide bonds. The number of benzene rings is 1. The first kappa shape index (κ1) is 14.5. The molecule has 1 aromatic heterocycles. The third-order valence-corrected chi connectivity index (χ3v) is 5.91. The topological polar surface area (TPSA) is 50.3 Å². The molecule has 1 fully saturated rings. The minimum Gasteiger partial charge on any atom is -0.255 e. The van der Waals surface area contributed by atoms with Crippen molar-refractivity contribution in [3.8, 4) is 0 Å². The Bertz CT molecular complexity index is 742. The third kappa shape index (κ3) is 2.68. The summed E-state index contributed by atoms with van der Waals surface area (Å²) in [5, 5.41) is 0.858. The quantitative estimate of drug-likeness (QED) is 0.857. The van der Waals surface area contributed by atoms with Gasteiger partial charge in [0, 0.05) is 24.7 Å². The maximum Gasteiger partial charge on any atom is 0.245 e. The third-order valence-electron chi connectivity index (χ3n) is 4.05. The zero-order chi connectivity index (χ0) is 15.0. The van der Waals surface area contributed by atoms with Gasteiger partial charge in [0.15, 0.2) is 0 Å². The molecule has 2 aromatic rings. The van der Waals surface area contributed by atoms with Crippen LogP contribution < -0.4 is 0 Å². The van der Waals surface area contributed by atoms with Crippen molar-refractivity contribution in [1.82, 2.24) is 9.29 Å². The summed E-state index contributed by atoms with van der Waals surface area (Å²) in [6, 6.07) is 9.05. The number of aromatic nitrogens is 1. The molecule has 21 heavy (non-hydrogen) atoms. The zero-order valence-corrected chi connectivity index (χ0v) is 13.2. The van der Waals surface area contributed by atoms with Crippen molar-refractivity contribution >= 4 is 20.9 Å². The standard InChI is InChI=1S/C16H20N2O2S/c1-12-9-13(2)11-18(10-12)21(19,20)15-7-3-5-14-6-4-8-17-16(14)15/h3-8,12-13H,9-11H2,1-2H3/t12-,13-/m0/s1. The van der Waals surface area contributed by atoms with Crippen LogP contribution >= 0.6 is 0 Å². The van der Waals surface area contributed by atoms with Crippen LogP contribution in [0.25, 0.3) is 10.9 Å². The summed E-state index contributed by atoms with van der Waals surface area (Å²) < 4.78 is 27.6. The lowest BCUT2D eigenvalue weighted by Crippen LogP contribution is -2.42. The van der Waals surface area contributed by atoms with Gasteiger partial charge in [0.25, 0.3) is 0 Å². The van der Waals surface area contributed by atoms with E-state index in [0.717, 1.165) is 11.8 Å². The number of piperidine rings is 1. The van der Waals surface area contributed by atoms with Crippen molar-refractivity contribution in [2.75, 3.05) is 13.1 Å². The van der Waals surface area contributed by atoms with Gasteiger partial charge in [0.05, 0.1) is 5.52 Å². The molecular formula is C16H20N2O2S. The van der Waals surface area contributed by atoms with Gasteiger partial charge in [-0.3, -0.25) is 4.98 Å². The van der Waals surface area contributed by atoms with Gasteiger partial charge in [-0.1, -0.05) is 32.0 Å². The Balaban J connectivity index is 2.08. The number of nitrogens with zero attached hydrogens (tertiary/aromatic N) is 2. The summed E-state index contributed by atoms with van der Waals surface area (Å²) in [5.74, 6) is 0.790. The highest BCUT2D eigenvalue weighted by Crippen LogP contribution is 2.29. The Morgan fingerprint density at radius 2 is 1.76 bits per heavy atom. The van der Waals surface area contributed by atoms with Crippen LogP contribution in [0.3, 0.4) is 0 Å². The van der Waals surface area contributed by atoms with Gasteiger partial charge in [0.1, 0.15) is 4.90 Å². The summed E-state index contributed by atoms with van der Waals surface area (Å²) in [5.41, 5.74) is 0.561. The lowest BCUT2D eigenvalue weighted by atomic mass is 9.94. The maximum absolute atomic E-state index is 13.0. The van der Waals surface area contributed by atoms with E-state index in [2.05, 4.69) is 18.8 Å². The van der Waals surface area contributed by atoms with Crippen LogP contribution in [-0.4, -0.2) is 30.8 Å². The average molecular weight is 304 g/mol. The maximum atomic E-state index is 13.0. The fraction of sp³-hybridized carbons (Fsp3) is 0.438. The largest absolute Gasteiger partial charge is 0.255 e. The minimum absolute atomic E-state index is 0.321. The van der Waals surface area contributed by atoms with Crippen LogP contribution in [0, 0.1) is 11.8 Å². The predicted octanol–water partition coefficient (Wildman–Crippen LogP) is 2.90. The summed E-state index contributed by atoms with van der Waals surface area (Å²) in [6.07, 6.45) is 2.72. The molecule has 0 saturated carbocycles. The highest BCUT2D eigenvalue weighted by Gasteiger charge is 2.32. The summed E-state index contributed by atoms with van der Waals surface area (Å²) in [6.45, 7) is 5.41. The second-order valence-corrected chi connectivity index (χ2v) is 8.01. The zero-order valence-electron chi connectivity index (χ0n) is 12.4. The van der Waals surface area contributed by atoms with Crippen LogP contribution in [-0.2, 0) is 10.0 Å². The van der Waals surface area contributed by atoms with Crippen molar-refractivity contribution in [2.45, 2.75) is 25.2 Å². The van der Waals surface area contributed by atoms with E-state index in [1.54, 1.807) is 22.6 Å². The molecule has 1 aliphatic rings. The van der Waals surface area contributed by atoms with Crippen LogP contribution in [0.2, 0.25) is 0 Å². The normalized spacial score (nSPS) is 24.3. The molecule has 0 bridgehead atoms. The molecule has 2 atom stereocenters.